The Labute approximate surface area is 290 Å². The second kappa shape index (κ2) is 11.5. The summed E-state index contributed by atoms with van der Waals surface area (Å²) in [5, 5.41) is 9.50. The van der Waals surface area contributed by atoms with E-state index in [9.17, 15) is 0 Å². The molecule has 0 N–H and O–H groups in total. The molecule has 234 valence electrons. The molecule has 1 heterocycles. The molecule has 10 aromatic rings. The Morgan fingerprint density at radius 2 is 0.980 bits per heavy atom. The molecule has 50 heavy (non-hydrogen) atoms. The normalized spacial score (nSPS) is 11.6. The van der Waals surface area contributed by atoms with Gasteiger partial charge in [0, 0.05) is 22.0 Å². The zero-order valence-corrected chi connectivity index (χ0v) is 27.3. The van der Waals surface area contributed by atoms with Gasteiger partial charge in [0.15, 0.2) is 0 Å². The van der Waals surface area contributed by atoms with Gasteiger partial charge in [-0.25, -0.2) is 0 Å². The third-order valence-electron chi connectivity index (χ3n) is 10.0. The summed E-state index contributed by atoms with van der Waals surface area (Å²) in [4.78, 5) is 2.44. The summed E-state index contributed by atoms with van der Waals surface area (Å²) in [5.41, 5.74) is 9.66. The minimum atomic E-state index is 0.876. The molecule has 0 radical (unpaired) electrons. The zero-order valence-electron chi connectivity index (χ0n) is 27.3. The molecular weight excluding hydrogens is 607 g/mol. The van der Waals surface area contributed by atoms with Gasteiger partial charge in [0.1, 0.15) is 11.2 Å². The highest BCUT2D eigenvalue weighted by atomic mass is 16.3. The van der Waals surface area contributed by atoms with Crippen molar-refractivity contribution in [1.29, 1.82) is 0 Å². The van der Waals surface area contributed by atoms with Crippen molar-refractivity contribution in [1.82, 2.24) is 0 Å². The third-order valence-corrected chi connectivity index (χ3v) is 10.0. The minimum Gasteiger partial charge on any atom is -0.455 e. The summed E-state index contributed by atoms with van der Waals surface area (Å²) in [7, 11) is 0. The average Bonchev–Trinajstić information content (AvgIpc) is 3.58. The monoisotopic (exact) mass is 637 g/mol. The Morgan fingerprint density at radius 3 is 1.80 bits per heavy atom. The van der Waals surface area contributed by atoms with Crippen LogP contribution in [0.15, 0.2) is 192 Å². The molecule has 0 aliphatic rings. The number of hydrogen-bond acceptors (Lipinski definition) is 2. The molecule has 2 nitrogen and oxygen atoms in total. The second-order valence-corrected chi connectivity index (χ2v) is 12.9. The van der Waals surface area contributed by atoms with Crippen molar-refractivity contribution in [3.63, 3.8) is 0 Å². The van der Waals surface area contributed by atoms with Crippen molar-refractivity contribution >= 4 is 71.3 Å². The van der Waals surface area contributed by atoms with Gasteiger partial charge in [-0.15, -0.1) is 0 Å². The van der Waals surface area contributed by atoms with Crippen molar-refractivity contribution in [3.05, 3.63) is 188 Å². The van der Waals surface area contributed by atoms with Crippen molar-refractivity contribution in [3.8, 4) is 22.3 Å². The summed E-state index contributed by atoms with van der Waals surface area (Å²) in [5.74, 6) is 0. The van der Waals surface area contributed by atoms with Crippen LogP contribution in [0.5, 0.6) is 0 Å². The maximum absolute atomic E-state index is 6.77. The lowest BCUT2D eigenvalue weighted by atomic mass is 9.95. The van der Waals surface area contributed by atoms with Gasteiger partial charge < -0.3 is 9.32 Å². The predicted molar refractivity (Wildman–Crippen MR) is 212 cm³/mol. The number of fused-ring (bicyclic) bond motifs is 7. The van der Waals surface area contributed by atoms with Gasteiger partial charge in [-0.05, 0) is 80.0 Å². The Morgan fingerprint density at radius 1 is 0.360 bits per heavy atom. The molecule has 0 amide bonds. The fraction of sp³-hybridized carbons (Fsp3) is 0. The lowest BCUT2D eigenvalue weighted by Gasteiger charge is -2.28. The number of nitrogens with zero attached hydrogens (tertiary/aromatic N) is 1. The number of rotatable bonds is 5. The highest BCUT2D eigenvalue weighted by Gasteiger charge is 2.24. The molecule has 0 bridgehead atoms. The smallest absolute Gasteiger partial charge is 0.145 e. The van der Waals surface area contributed by atoms with E-state index < -0.39 is 0 Å². The van der Waals surface area contributed by atoms with Gasteiger partial charge in [-0.2, -0.15) is 0 Å². The number of para-hydroxylation sites is 1. The minimum absolute atomic E-state index is 0.876. The Balaban J connectivity index is 1.32. The van der Waals surface area contributed by atoms with Gasteiger partial charge in [0.05, 0.1) is 16.8 Å². The van der Waals surface area contributed by atoms with Crippen LogP contribution in [0.2, 0.25) is 0 Å². The number of benzene rings is 9. The average molecular weight is 638 g/mol. The molecule has 0 saturated carbocycles. The maximum atomic E-state index is 6.77. The van der Waals surface area contributed by atoms with Crippen LogP contribution in [0, 0.1) is 0 Å². The first-order valence-corrected chi connectivity index (χ1v) is 17.1. The first kappa shape index (κ1) is 28.4. The molecule has 0 aliphatic heterocycles. The summed E-state index contributed by atoms with van der Waals surface area (Å²) >= 11 is 0. The molecule has 1 aromatic heterocycles. The number of furan rings is 1. The standard InChI is InChI=1S/C48H31NO/c1-3-13-32(14-4-1)37-20-11-22-41-40(37)21-12-23-44(41)49(36-28-27-35-26-25-34-17-7-8-18-38(34)43(35)31-36)45-30-29-39(33-15-5-2-6-16-33)48-47(45)42-19-9-10-24-46(42)50-48/h1-31H. The molecule has 9 aromatic carbocycles. The molecule has 0 atom stereocenters. The van der Waals surface area contributed by atoms with E-state index in [0.29, 0.717) is 0 Å². The lowest BCUT2D eigenvalue weighted by molar-refractivity contribution is 0.670. The van der Waals surface area contributed by atoms with Crippen LogP contribution in [0.25, 0.3) is 76.5 Å². The van der Waals surface area contributed by atoms with E-state index in [1.165, 1.54) is 43.4 Å². The van der Waals surface area contributed by atoms with Crippen molar-refractivity contribution < 1.29 is 4.42 Å². The molecular formula is C48H31NO. The second-order valence-electron chi connectivity index (χ2n) is 12.9. The fourth-order valence-corrected chi connectivity index (χ4v) is 7.74. The summed E-state index contributed by atoms with van der Waals surface area (Å²) in [6, 6.07) is 67.5. The highest BCUT2D eigenvalue weighted by Crippen LogP contribution is 2.48. The lowest BCUT2D eigenvalue weighted by Crippen LogP contribution is -2.11. The largest absolute Gasteiger partial charge is 0.455 e. The molecule has 0 saturated heterocycles. The first-order chi connectivity index (χ1) is 24.8. The van der Waals surface area contributed by atoms with E-state index in [1.807, 2.05) is 0 Å². The van der Waals surface area contributed by atoms with Crippen LogP contribution >= 0.6 is 0 Å². The van der Waals surface area contributed by atoms with E-state index in [0.717, 1.165) is 50.1 Å². The van der Waals surface area contributed by atoms with E-state index in [-0.39, 0.29) is 0 Å². The van der Waals surface area contributed by atoms with Gasteiger partial charge in [-0.3, -0.25) is 0 Å². The predicted octanol–water partition coefficient (Wildman–Crippen LogP) is 13.8. The third kappa shape index (κ3) is 4.50. The number of anilines is 3. The van der Waals surface area contributed by atoms with Gasteiger partial charge in [0.2, 0.25) is 0 Å². The Hall–Kier alpha value is -6.64. The summed E-state index contributed by atoms with van der Waals surface area (Å²) in [6.45, 7) is 0. The van der Waals surface area contributed by atoms with Crippen LogP contribution in [0.4, 0.5) is 17.1 Å². The van der Waals surface area contributed by atoms with Crippen LogP contribution in [-0.2, 0) is 0 Å². The Kier molecular flexibility index (Phi) is 6.53. The topological polar surface area (TPSA) is 16.4 Å². The van der Waals surface area contributed by atoms with E-state index in [2.05, 4.69) is 193 Å². The van der Waals surface area contributed by atoms with Crippen LogP contribution in [-0.4, -0.2) is 0 Å². The summed E-state index contributed by atoms with van der Waals surface area (Å²) < 4.78 is 6.77. The van der Waals surface area contributed by atoms with E-state index >= 15 is 0 Å². The van der Waals surface area contributed by atoms with E-state index in [4.69, 9.17) is 4.42 Å². The fourth-order valence-electron chi connectivity index (χ4n) is 7.74. The first-order valence-electron chi connectivity index (χ1n) is 17.1. The molecule has 0 aliphatic carbocycles. The molecule has 0 fully saturated rings. The molecule has 0 spiro atoms. The Bertz CT molecular complexity index is 2870. The van der Waals surface area contributed by atoms with Crippen molar-refractivity contribution in [2.24, 2.45) is 0 Å². The summed E-state index contributed by atoms with van der Waals surface area (Å²) in [6.07, 6.45) is 0. The zero-order chi connectivity index (χ0) is 33.0. The molecule has 0 unspecified atom stereocenters. The van der Waals surface area contributed by atoms with Crippen molar-refractivity contribution in [2.75, 3.05) is 4.90 Å². The van der Waals surface area contributed by atoms with Crippen LogP contribution in [0.1, 0.15) is 0 Å². The van der Waals surface area contributed by atoms with Crippen molar-refractivity contribution in [2.45, 2.75) is 0 Å². The van der Waals surface area contributed by atoms with Gasteiger partial charge >= 0.3 is 0 Å². The van der Waals surface area contributed by atoms with Gasteiger partial charge in [-0.1, -0.05) is 152 Å². The maximum Gasteiger partial charge on any atom is 0.145 e. The highest BCUT2D eigenvalue weighted by molar-refractivity contribution is 6.19. The van der Waals surface area contributed by atoms with E-state index in [1.54, 1.807) is 0 Å². The van der Waals surface area contributed by atoms with Gasteiger partial charge in [0.25, 0.3) is 0 Å². The van der Waals surface area contributed by atoms with Crippen LogP contribution in [0.3, 0.4) is 0 Å². The van der Waals surface area contributed by atoms with Crippen LogP contribution < -0.4 is 4.90 Å². The quantitative estimate of drug-likeness (QED) is 0.175. The molecule has 2 heteroatoms. The number of hydrogen-bond donors (Lipinski definition) is 0. The SMILES string of the molecule is c1ccc(-c2cccc3c(N(c4ccc5ccc6ccccc6c5c4)c4ccc(-c5ccccc5)c5oc6ccccc6c45)cccc23)cc1. The molecule has 10 rings (SSSR count).